The molecule has 234 valence electrons. The van der Waals surface area contributed by atoms with Crippen LogP contribution in [-0.2, 0) is 7.05 Å². The van der Waals surface area contributed by atoms with Crippen LogP contribution in [0.2, 0.25) is 0 Å². The molecule has 0 saturated heterocycles. The highest BCUT2D eigenvalue weighted by Gasteiger charge is 2.43. The number of rotatable bonds is 10. The molecule has 3 aromatic heterocycles. The lowest BCUT2D eigenvalue weighted by atomic mass is 9.98. The number of hydrogen-bond donors (Lipinski definition) is 7. The first-order chi connectivity index (χ1) is 21.2. The van der Waals surface area contributed by atoms with Crippen LogP contribution in [-0.4, -0.2) is 95.4 Å². The Hall–Kier alpha value is -3.96. The van der Waals surface area contributed by atoms with Gasteiger partial charge in [0.1, 0.15) is 11.6 Å². The van der Waals surface area contributed by atoms with Gasteiger partial charge in [0.05, 0.1) is 40.2 Å². The van der Waals surface area contributed by atoms with Crippen LogP contribution in [0.4, 0.5) is 28.8 Å². The van der Waals surface area contributed by atoms with Crippen LogP contribution in [0.15, 0.2) is 59.7 Å². The largest absolute Gasteiger partial charge is 0.494 e. The van der Waals surface area contributed by atoms with E-state index in [1.807, 2.05) is 12.1 Å². The molecule has 45 heavy (non-hydrogen) atoms. The summed E-state index contributed by atoms with van der Waals surface area (Å²) >= 11 is 3.52. The molecule has 0 aliphatic heterocycles. The zero-order valence-corrected chi connectivity index (χ0v) is 27.3. The standard InChI is InChI=1S/C27H30BBrN9O6P/c1-37-13-14(11-33-37)15-9-19(21(44-2)10-20(15)38(26(28,39)40)27(41,42)43)35-25-32-12-16(29)24(36-25)34-18-6-5-17-22(23(18)45(3)4)31-8-7-30-17/h5-13,39-43H,28H2,1-4H3,(H2,32,34,35,36). The van der Waals surface area contributed by atoms with Gasteiger partial charge in [-0.1, -0.05) is 7.92 Å². The van der Waals surface area contributed by atoms with Gasteiger partial charge in [0.25, 0.3) is 0 Å². The minimum Gasteiger partial charge on any atom is -0.494 e. The molecule has 0 radical (unpaired) electrons. The Morgan fingerprint density at radius 1 is 1.00 bits per heavy atom. The molecule has 0 aliphatic rings. The van der Waals surface area contributed by atoms with Crippen molar-refractivity contribution in [2.75, 3.05) is 36.0 Å². The first-order valence-corrected chi connectivity index (χ1v) is 16.3. The maximum atomic E-state index is 10.4. The lowest BCUT2D eigenvalue weighted by molar-refractivity contribution is -0.335. The van der Waals surface area contributed by atoms with Gasteiger partial charge in [-0.15, -0.1) is 0 Å². The number of anilines is 5. The predicted molar refractivity (Wildman–Crippen MR) is 177 cm³/mol. The highest BCUT2D eigenvalue weighted by Crippen LogP contribution is 2.43. The molecule has 0 amide bonds. The Kier molecular flexibility index (Phi) is 8.97. The molecular formula is C27H30BBrN9O6P. The summed E-state index contributed by atoms with van der Waals surface area (Å²) in [5.41, 5.74) is 3.22. The zero-order valence-electron chi connectivity index (χ0n) is 24.8. The Bertz CT molecular complexity index is 1850. The van der Waals surface area contributed by atoms with E-state index in [0.717, 1.165) is 29.9 Å². The van der Waals surface area contributed by atoms with Crippen LogP contribution >= 0.6 is 23.9 Å². The molecule has 3 heterocycles. The van der Waals surface area contributed by atoms with E-state index >= 15 is 0 Å². The number of aromatic nitrogens is 6. The second-order valence-electron chi connectivity index (χ2n) is 10.3. The molecule has 0 fully saturated rings. The van der Waals surface area contributed by atoms with E-state index in [9.17, 15) is 25.5 Å². The van der Waals surface area contributed by atoms with Crippen molar-refractivity contribution in [2.24, 2.45) is 7.05 Å². The number of hydrogen-bond acceptors (Lipinski definition) is 14. The van der Waals surface area contributed by atoms with Gasteiger partial charge in [0.2, 0.25) is 19.6 Å². The maximum absolute atomic E-state index is 10.4. The Morgan fingerprint density at radius 2 is 1.73 bits per heavy atom. The zero-order chi connectivity index (χ0) is 32.7. The molecule has 2 aromatic carbocycles. The van der Waals surface area contributed by atoms with Crippen LogP contribution in [0.5, 0.6) is 5.75 Å². The molecule has 15 nitrogen and oxygen atoms in total. The van der Waals surface area contributed by atoms with E-state index < -0.39 is 19.8 Å². The molecule has 0 aliphatic carbocycles. The van der Waals surface area contributed by atoms with Gasteiger partial charge < -0.3 is 40.9 Å². The Labute approximate surface area is 267 Å². The summed E-state index contributed by atoms with van der Waals surface area (Å²) in [5, 5.41) is 62.8. The molecule has 0 atom stereocenters. The number of aliphatic hydroxyl groups is 5. The lowest BCUT2D eigenvalue weighted by Gasteiger charge is -2.40. The van der Waals surface area contributed by atoms with Gasteiger partial charge >= 0.3 is 6.10 Å². The third-order valence-electron chi connectivity index (χ3n) is 6.60. The summed E-state index contributed by atoms with van der Waals surface area (Å²) in [6.45, 7) is 4.26. The highest BCUT2D eigenvalue weighted by atomic mass is 79.9. The van der Waals surface area contributed by atoms with Crippen LogP contribution in [0, 0.1) is 0 Å². The fraction of sp³-hybridized carbons (Fsp3) is 0.222. The van der Waals surface area contributed by atoms with Gasteiger partial charge in [-0.2, -0.15) is 10.1 Å². The van der Waals surface area contributed by atoms with Gasteiger partial charge in [-0.25, -0.2) is 4.98 Å². The average Bonchev–Trinajstić information content (AvgIpc) is 3.39. The Morgan fingerprint density at radius 3 is 2.36 bits per heavy atom. The third kappa shape index (κ3) is 6.84. The van der Waals surface area contributed by atoms with Gasteiger partial charge in [0.15, 0.2) is 0 Å². The van der Waals surface area contributed by atoms with E-state index in [4.69, 9.17) is 4.74 Å². The average molecular weight is 698 g/mol. The Balaban J connectivity index is 1.59. The molecule has 5 rings (SSSR count). The molecule has 0 spiro atoms. The predicted octanol–water partition coefficient (Wildman–Crippen LogP) is 1.07. The van der Waals surface area contributed by atoms with E-state index in [1.54, 1.807) is 31.8 Å². The third-order valence-corrected chi connectivity index (χ3v) is 8.53. The van der Waals surface area contributed by atoms with Crippen LogP contribution in [0.3, 0.4) is 0 Å². The quantitative estimate of drug-likeness (QED) is 0.0619. The van der Waals surface area contributed by atoms with Crippen molar-refractivity contribution in [3.63, 3.8) is 0 Å². The van der Waals surface area contributed by atoms with Crippen LogP contribution in [0.25, 0.3) is 22.2 Å². The molecule has 7 N–H and O–H groups in total. The molecule has 18 heteroatoms. The first-order valence-electron chi connectivity index (χ1n) is 13.3. The van der Waals surface area contributed by atoms with E-state index in [0.29, 0.717) is 21.5 Å². The minimum atomic E-state index is -3.67. The van der Waals surface area contributed by atoms with E-state index in [2.05, 4.69) is 64.9 Å². The fourth-order valence-electron chi connectivity index (χ4n) is 4.82. The summed E-state index contributed by atoms with van der Waals surface area (Å²) in [7, 11) is 3.32. The van der Waals surface area contributed by atoms with Gasteiger partial charge in [-0.05, 0) is 47.5 Å². The fourth-order valence-corrected chi connectivity index (χ4v) is 6.32. The molecular weight excluding hydrogens is 668 g/mol. The van der Waals surface area contributed by atoms with Crippen molar-refractivity contribution < 1.29 is 30.3 Å². The van der Waals surface area contributed by atoms with Crippen molar-refractivity contribution in [1.82, 2.24) is 29.7 Å². The summed E-state index contributed by atoms with van der Waals surface area (Å²) in [4.78, 5) is 18.3. The van der Waals surface area contributed by atoms with E-state index in [1.165, 1.54) is 30.1 Å². The van der Waals surface area contributed by atoms with Crippen molar-refractivity contribution in [3.8, 4) is 16.9 Å². The number of methoxy groups -OCH3 is 1. The summed E-state index contributed by atoms with van der Waals surface area (Å²) < 4.78 is 7.65. The number of fused-ring (bicyclic) bond motifs is 1. The smallest absolute Gasteiger partial charge is 0.373 e. The normalized spacial score (nSPS) is 12.1. The molecule has 0 unspecified atom stereocenters. The minimum absolute atomic E-state index is 0.121. The summed E-state index contributed by atoms with van der Waals surface area (Å²) in [6.07, 6.45) is 4.32. The molecule has 0 bridgehead atoms. The first kappa shape index (κ1) is 32.4. The summed E-state index contributed by atoms with van der Waals surface area (Å²) in [5.74, 6) is -2.16. The van der Waals surface area contributed by atoms with Crippen LogP contribution < -0.4 is 25.6 Å². The number of benzene rings is 2. The number of nitrogens with zero attached hydrogens (tertiary/aromatic N) is 7. The number of halogens is 1. The van der Waals surface area contributed by atoms with Crippen molar-refractivity contribution in [1.29, 1.82) is 0 Å². The second-order valence-corrected chi connectivity index (χ2v) is 13.4. The number of ether oxygens (including phenoxy) is 1. The van der Waals surface area contributed by atoms with Gasteiger partial charge in [-0.3, -0.25) is 19.5 Å². The number of nitrogens with one attached hydrogen (secondary N) is 2. The number of aryl methyl sites for hydroxylation is 1. The van der Waals surface area contributed by atoms with Crippen molar-refractivity contribution in [2.45, 2.75) is 11.9 Å². The molecule has 0 saturated carbocycles. The van der Waals surface area contributed by atoms with Crippen molar-refractivity contribution in [3.05, 3.63) is 59.7 Å². The maximum Gasteiger partial charge on any atom is 0.373 e. The van der Waals surface area contributed by atoms with Crippen LogP contribution in [0.1, 0.15) is 0 Å². The highest BCUT2D eigenvalue weighted by molar-refractivity contribution is 9.10. The van der Waals surface area contributed by atoms with Crippen molar-refractivity contribution >= 4 is 76.9 Å². The second kappa shape index (κ2) is 12.4. The molecule has 5 aromatic rings. The summed E-state index contributed by atoms with van der Waals surface area (Å²) in [6, 6.07) is 6.65. The van der Waals surface area contributed by atoms with E-state index in [-0.39, 0.29) is 27.8 Å². The SMILES string of the molecule is BC(O)(O)N(c1cc(OC)c(Nc2ncc(Br)c(Nc3ccc4nccnc4c3P(C)C)n2)cc1-c1cnn(C)c1)C(O)(O)O. The monoisotopic (exact) mass is 697 g/mol. The lowest BCUT2D eigenvalue weighted by Crippen LogP contribution is -2.62. The van der Waals surface area contributed by atoms with Gasteiger partial charge in [0, 0.05) is 60.0 Å². The topological polar surface area (TPSA) is 207 Å².